The van der Waals surface area contributed by atoms with E-state index in [1.807, 2.05) is 6.92 Å². The molecule has 0 aliphatic carbocycles. The van der Waals surface area contributed by atoms with Crippen molar-refractivity contribution in [1.82, 2.24) is 0 Å². The lowest BCUT2D eigenvalue weighted by atomic mass is 10.4. The van der Waals surface area contributed by atoms with Gasteiger partial charge in [0.25, 0.3) is 0 Å². The minimum absolute atomic E-state index is 0.295. The normalized spacial score (nSPS) is 22.4. The summed E-state index contributed by atoms with van der Waals surface area (Å²) in [5.41, 5.74) is 0.462. The highest BCUT2D eigenvalue weighted by molar-refractivity contribution is 6.89. The highest BCUT2D eigenvalue weighted by atomic mass is 28.5. The first-order valence-corrected chi connectivity index (χ1v) is 18.8. The molecule has 24 heavy (non-hydrogen) atoms. The first-order valence-electron chi connectivity index (χ1n) is 8.28. The lowest BCUT2D eigenvalue weighted by molar-refractivity contribution is -0.138. The zero-order chi connectivity index (χ0) is 19.2. The molecule has 1 fully saturated rings. The summed E-state index contributed by atoms with van der Waals surface area (Å²) in [6.45, 7) is 22.0. The van der Waals surface area contributed by atoms with Gasteiger partial charge in [0.05, 0.1) is 6.61 Å². The van der Waals surface area contributed by atoms with E-state index in [9.17, 15) is 4.79 Å². The highest BCUT2D eigenvalue weighted by Gasteiger charge is 2.46. The molecule has 0 aromatic rings. The Balaban J connectivity index is 0.000000506. The van der Waals surface area contributed by atoms with Crippen molar-refractivity contribution in [2.75, 3.05) is 6.61 Å². The predicted octanol–water partition coefficient (Wildman–Crippen LogP) is 3.54. The minimum atomic E-state index is -2.08. The van der Waals surface area contributed by atoms with E-state index in [2.05, 4.69) is 52.4 Å². The van der Waals surface area contributed by atoms with Crippen LogP contribution in [-0.4, -0.2) is 47.5 Å². The predicted molar refractivity (Wildman–Crippen MR) is 106 cm³/mol. The van der Waals surface area contributed by atoms with E-state index < -0.39 is 35.0 Å². The van der Waals surface area contributed by atoms with E-state index in [0.29, 0.717) is 12.2 Å². The van der Waals surface area contributed by atoms with Gasteiger partial charge in [0.15, 0.2) is 0 Å². The molecule has 0 aromatic carbocycles. The van der Waals surface area contributed by atoms with Crippen LogP contribution in [0.15, 0.2) is 12.2 Å². The molecule has 0 bridgehead atoms. The first-order chi connectivity index (χ1) is 10.7. The molecule has 0 saturated carbocycles. The number of carbonyl (C=O) groups excluding carboxylic acids is 1. The molecule has 0 N–H and O–H groups in total. The molecule has 0 atom stereocenters. The van der Waals surface area contributed by atoms with Crippen LogP contribution in [0.2, 0.25) is 45.8 Å². The van der Waals surface area contributed by atoms with Crippen molar-refractivity contribution in [3.05, 3.63) is 12.2 Å². The van der Waals surface area contributed by atoms with Gasteiger partial charge in [-0.1, -0.05) is 13.5 Å². The number of esters is 1. The van der Waals surface area contributed by atoms with Gasteiger partial charge in [-0.3, -0.25) is 0 Å². The minimum Gasteiger partial charge on any atom is -0.462 e. The molecule has 0 amide bonds. The average molecular weight is 411 g/mol. The van der Waals surface area contributed by atoms with E-state index in [1.165, 1.54) is 0 Å². The van der Waals surface area contributed by atoms with Gasteiger partial charge >= 0.3 is 40.9 Å². The van der Waals surface area contributed by atoms with Crippen LogP contribution in [-0.2, 0) is 26.0 Å². The van der Waals surface area contributed by atoms with Crippen LogP contribution >= 0.6 is 0 Å². The summed E-state index contributed by atoms with van der Waals surface area (Å²) in [4.78, 5) is 10.6. The van der Waals surface area contributed by atoms with Gasteiger partial charge in [-0.25, -0.2) is 4.79 Å². The monoisotopic (exact) mass is 410 g/mol. The Morgan fingerprint density at radius 1 is 1.00 bits per heavy atom. The summed E-state index contributed by atoms with van der Waals surface area (Å²) in [6, 6.07) is 0. The fourth-order valence-corrected chi connectivity index (χ4v) is 20.7. The van der Waals surface area contributed by atoms with E-state index in [1.54, 1.807) is 6.92 Å². The largest absolute Gasteiger partial charge is 0.462 e. The molecule has 0 aromatic heterocycles. The summed E-state index contributed by atoms with van der Waals surface area (Å²) in [7, 11) is -7.74. The van der Waals surface area contributed by atoms with Gasteiger partial charge < -0.3 is 21.2 Å². The van der Waals surface area contributed by atoms with Crippen LogP contribution < -0.4 is 0 Å². The van der Waals surface area contributed by atoms with E-state index in [0.717, 1.165) is 6.42 Å². The molecule has 1 heterocycles. The Morgan fingerprint density at radius 2 is 1.42 bits per heavy atom. The first kappa shape index (κ1) is 23.9. The second kappa shape index (κ2) is 9.57. The van der Waals surface area contributed by atoms with Crippen molar-refractivity contribution in [2.24, 2.45) is 0 Å². The van der Waals surface area contributed by atoms with Crippen molar-refractivity contribution < 1.29 is 26.0 Å². The maximum atomic E-state index is 10.6. The molecule has 0 spiro atoms. The zero-order valence-electron chi connectivity index (χ0n) is 16.6. The number of carbonyl (C=O) groups is 1. The number of hydrogen-bond donors (Lipinski definition) is 0. The van der Waals surface area contributed by atoms with Gasteiger partial charge in [-0.05, 0) is 59.2 Å². The standard InChI is InChI=1S/C7H22O4Si4.C7H12O2/c1-12-8-13(2,3)10-15(6,7)11-14(4,5)9-12;1-4-5-9-7(8)6(2)3/h12H,1-7H3;2,4-5H2,1,3H3. The second-order valence-corrected chi connectivity index (χ2v) is 20.2. The van der Waals surface area contributed by atoms with Crippen LogP contribution in [0.3, 0.4) is 0 Å². The fourth-order valence-electron chi connectivity index (χ4n) is 2.39. The quantitative estimate of drug-likeness (QED) is 0.403. The molecule has 142 valence electrons. The summed E-state index contributed by atoms with van der Waals surface area (Å²) in [5, 5.41) is 0. The average Bonchev–Trinajstić information content (AvgIpc) is 2.30. The van der Waals surface area contributed by atoms with Crippen LogP contribution in [0.1, 0.15) is 20.3 Å². The molecule has 0 unspecified atom stereocenters. The fraction of sp³-hybridized carbons (Fsp3) is 0.786. The Labute approximate surface area is 152 Å². The summed E-state index contributed by atoms with van der Waals surface area (Å²) in [5.74, 6) is -0.295. The summed E-state index contributed by atoms with van der Waals surface area (Å²) in [6.07, 6.45) is 0.860. The van der Waals surface area contributed by atoms with E-state index in [-0.39, 0.29) is 5.97 Å². The van der Waals surface area contributed by atoms with E-state index >= 15 is 0 Å². The third-order valence-electron chi connectivity index (χ3n) is 2.67. The van der Waals surface area contributed by atoms with Gasteiger partial charge in [0.2, 0.25) is 0 Å². The number of rotatable bonds is 3. The topological polar surface area (TPSA) is 63.2 Å². The molecule has 6 nitrogen and oxygen atoms in total. The van der Waals surface area contributed by atoms with Gasteiger partial charge in [0.1, 0.15) is 0 Å². The summed E-state index contributed by atoms with van der Waals surface area (Å²) >= 11 is 0. The SMILES string of the molecule is C=C(C)C(=O)OCCC.C[SiH]1O[Si](C)(C)O[Si](C)(C)O[Si](C)(C)O1. The lowest BCUT2D eigenvalue weighted by Gasteiger charge is -2.43. The smallest absolute Gasteiger partial charge is 0.333 e. The van der Waals surface area contributed by atoms with Crippen LogP contribution in [0.5, 0.6) is 0 Å². The summed E-state index contributed by atoms with van der Waals surface area (Å²) < 4.78 is 28.8. The van der Waals surface area contributed by atoms with Crippen LogP contribution in [0.25, 0.3) is 0 Å². The van der Waals surface area contributed by atoms with Gasteiger partial charge in [-0.15, -0.1) is 0 Å². The van der Waals surface area contributed by atoms with Crippen molar-refractivity contribution in [1.29, 1.82) is 0 Å². The lowest BCUT2D eigenvalue weighted by Crippen LogP contribution is -2.60. The zero-order valence-corrected chi connectivity index (χ0v) is 20.8. The van der Waals surface area contributed by atoms with Crippen LogP contribution in [0, 0.1) is 0 Å². The van der Waals surface area contributed by atoms with Crippen molar-refractivity contribution >= 4 is 40.9 Å². The van der Waals surface area contributed by atoms with Crippen molar-refractivity contribution in [3.63, 3.8) is 0 Å². The van der Waals surface area contributed by atoms with Gasteiger partial charge in [0, 0.05) is 5.57 Å². The molecule has 1 aliphatic rings. The Kier molecular flexibility index (Phi) is 9.54. The van der Waals surface area contributed by atoms with Crippen LogP contribution in [0.4, 0.5) is 0 Å². The molecular weight excluding hydrogens is 376 g/mol. The second-order valence-electron chi connectivity index (χ2n) is 7.12. The molecular formula is C14H34O6Si4. The maximum absolute atomic E-state index is 10.6. The van der Waals surface area contributed by atoms with Crippen molar-refractivity contribution in [3.8, 4) is 0 Å². The van der Waals surface area contributed by atoms with Crippen molar-refractivity contribution in [2.45, 2.75) is 66.1 Å². The molecule has 1 aliphatic heterocycles. The molecule has 1 rings (SSSR count). The van der Waals surface area contributed by atoms with Gasteiger partial charge in [-0.2, -0.15) is 0 Å². The van der Waals surface area contributed by atoms with E-state index in [4.69, 9.17) is 21.2 Å². The third-order valence-corrected chi connectivity index (χ3v) is 17.7. The highest BCUT2D eigenvalue weighted by Crippen LogP contribution is 2.26. The Bertz CT molecular complexity index is 417. The molecule has 1 saturated heterocycles. The third kappa shape index (κ3) is 10.7. The Morgan fingerprint density at radius 3 is 1.75 bits per heavy atom. The molecule has 0 radical (unpaired) electrons. The Hall–Kier alpha value is -0.0825. The maximum Gasteiger partial charge on any atom is 0.333 e. The number of ether oxygens (including phenoxy) is 1. The number of hydrogen-bond acceptors (Lipinski definition) is 6. The molecule has 10 heteroatoms.